The number of benzene rings is 3. The van der Waals surface area contributed by atoms with Crippen LogP contribution >= 0.6 is 0 Å². The standard InChI is InChI=1S/C23H22O4/c1-16-19(10-7-11-20(16)17-8-5-4-6-9-17)15-27-21-13-12-18(14-24)22(25-2)23(21)26-3/h4-14H,15H2,1-3H3. The second kappa shape index (κ2) is 8.41. The predicted molar refractivity (Wildman–Crippen MR) is 106 cm³/mol. The van der Waals surface area contributed by atoms with Crippen LogP contribution in [0.2, 0.25) is 0 Å². The minimum absolute atomic E-state index is 0.375. The molecule has 138 valence electrons. The number of aldehydes is 1. The van der Waals surface area contributed by atoms with Gasteiger partial charge in [-0.25, -0.2) is 0 Å². The van der Waals surface area contributed by atoms with Crippen molar-refractivity contribution in [1.29, 1.82) is 0 Å². The Bertz CT molecular complexity index is 933. The molecule has 0 spiro atoms. The van der Waals surface area contributed by atoms with Crippen molar-refractivity contribution in [2.75, 3.05) is 14.2 Å². The zero-order valence-electron chi connectivity index (χ0n) is 15.7. The molecule has 0 amide bonds. The highest BCUT2D eigenvalue weighted by atomic mass is 16.5. The van der Waals surface area contributed by atoms with E-state index < -0.39 is 0 Å². The fourth-order valence-electron chi connectivity index (χ4n) is 3.10. The number of rotatable bonds is 7. The van der Waals surface area contributed by atoms with E-state index in [4.69, 9.17) is 14.2 Å². The van der Waals surface area contributed by atoms with Crippen molar-refractivity contribution in [3.8, 4) is 28.4 Å². The molecule has 0 atom stereocenters. The summed E-state index contributed by atoms with van der Waals surface area (Å²) >= 11 is 0. The van der Waals surface area contributed by atoms with Gasteiger partial charge in [0.05, 0.1) is 19.8 Å². The molecular formula is C23H22O4. The normalized spacial score (nSPS) is 10.3. The fourth-order valence-corrected chi connectivity index (χ4v) is 3.10. The average molecular weight is 362 g/mol. The van der Waals surface area contributed by atoms with Gasteiger partial charge in [0.25, 0.3) is 0 Å². The highest BCUT2D eigenvalue weighted by Gasteiger charge is 2.16. The van der Waals surface area contributed by atoms with Gasteiger partial charge in [0.15, 0.2) is 17.8 Å². The van der Waals surface area contributed by atoms with E-state index in [1.165, 1.54) is 30.9 Å². The summed E-state index contributed by atoms with van der Waals surface area (Å²) in [6.07, 6.45) is 0.735. The van der Waals surface area contributed by atoms with Gasteiger partial charge in [-0.15, -0.1) is 0 Å². The number of carbonyl (C=O) groups is 1. The lowest BCUT2D eigenvalue weighted by molar-refractivity contribution is 0.111. The average Bonchev–Trinajstić information content (AvgIpc) is 2.72. The number of hydrogen-bond donors (Lipinski definition) is 0. The van der Waals surface area contributed by atoms with Crippen LogP contribution in [0.4, 0.5) is 0 Å². The van der Waals surface area contributed by atoms with Crippen molar-refractivity contribution in [3.05, 3.63) is 77.4 Å². The van der Waals surface area contributed by atoms with E-state index in [1.807, 2.05) is 30.3 Å². The van der Waals surface area contributed by atoms with Gasteiger partial charge in [0.1, 0.15) is 6.61 Å². The zero-order chi connectivity index (χ0) is 19.2. The minimum atomic E-state index is 0.375. The lowest BCUT2D eigenvalue weighted by atomic mass is 9.97. The largest absolute Gasteiger partial charge is 0.492 e. The summed E-state index contributed by atoms with van der Waals surface area (Å²) in [5.41, 5.74) is 5.02. The Morgan fingerprint density at radius 2 is 1.59 bits per heavy atom. The van der Waals surface area contributed by atoms with Crippen LogP contribution in [0.1, 0.15) is 21.5 Å². The Morgan fingerprint density at radius 1 is 0.852 bits per heavy atom. The summed E-state index contributed by atoms with van der Waals surface area (Å²) in [4.78, 5) is 11.2. The van der Waals surface area contributed by atoms with Crippen LogP contribution in [0, 0.1) is 6.92 Å². The molecule has 3 aromatic rings. The summed E-state index contributed by atoms with van der Waals surface area (Å²) in [6, 6.07) is 19.8. The summed E-state index contributed by atoms with van der Waals surface area (Å²) < 4.78 is 16.7. The molecule has 0 aromatic heterocycles. The molecule has 3 aromatic carbocycles. The highest BCUT2D eigenvalue weighted by molar-refractivity contribution is 5.82. The van der Waals surface area contributed by atoms with Gasteiger partial charge in [0.2, 0.25) is 5.75 Å². The number of ether oxygens (including phenoxy) is 3. The van der Waals surface area contributed by atoms with Crippen LogP contribution in [-0.2, 0) is 6.61 Å². The number of methoxy groups -OCH3 is 2. The van der Waals surface area contributed by atoms with E-state index >= 15 is 0 Å². The maximum absolute atomic E-state index is 11.2. The smallest absolute Gasteiger partial charge is 0.204 e. The van der Waals surface area contributed by atoms with E-state index in [9.17, 15) is 4.79 Å². The van der Waals surface area contributed by atoms with Crippen LogP contribution in [0.15, 0.2) is 60.7 Å². The maximum Gasteiger partial charge on any atom is 0.204 e. The predicted octanol–water partition coefficient (Wildman–Crippen LogP) is 5.07. The molecule has 4 nitrogen and oxygen atoms in total. The van der Waals surface area contributed by atoms with E-state index in [0.717, 1.165) is 11.8 Å². The van der Waals surface area contributed by atoms with E-state index in [0.29, 0.717) is 29.4 Å². The van der Waals surface area contributed by atoms with Gasteiger partial charge in [-0.1, -0.05) is 48.5 Å². The third kappa shape index (κ3) is 3.80. The molecule has 27 heavy (non-hydrogen) atoms. The first-order chi connectivity index (χ1) is 13.2. The molecule has 0 saturated carbocycles. The summed E-state index contributed by atoms with van der Waals surface area (Å²) in [7, 11) is 3.03. The van der Waals surface area contributed by atoms with E-state index in [1.54, 1.807) is 12.1 Å². The van der Waals surface area contributed by atoms with Crippen molar-refractivity contribution < 1.29 is 19.0 Å². The van der Waals surface area contributed by atoms with Crippen LogP contribution in [0.25, 0.3) is 11.1 Å². The molecule has 0 unspecified atom stereocenters. The number of carbonyl (C=O) groups excluding carboxylic acids is 1. The summed E-state index contributed by atoms with van der Waals surface area (Å²) in [5.74, 6) is 1.32. The van der Waals surface area contributed by atoms with Crippen LogP contribution in [0.5, 0.6) is 17.2 Å². The molecular weight excluding hydrogens is 340 g/mol. The Labute approximate surface area is 159 Å². The number of hydrogen-bond acceptors (Lipinski definition) is 4. The molecule has 0 aliphatic carbocycles. The quantitative estimate of drug-likeness (QED) is 0.551. The van der Waals surface area contributed by atoms with Crippen molar-refractivity contribution in [2.45, 2.75) is 13.5 Å². The van der Waals surface area contributed by atoms with E-state index in [-0.39, 0.29) is 0 Å². The van der Waals surface area contributed by atoms with Crippen molar-refractivity contribution in [1.82, 2.24) is 0 Å². The molecule has 0 bridgehead atoms. The van der Waals surface area contributed by atoms with Crippen molar-refractivity contribution in [2.24, 2.45) is 0 Å². The molecule has 0 heterocycles. The molecule has 0 fully saturated rings. The molecule has 0 aliphatic heterocycles. The van der Waals surface area contributed by atoms with Crippen LogP contribution in [-0.4, -0.2) is 20.5 Å². The van der Waals surface area contributed by atoms with Crippen LogP contribution in [0.3, 0.4) is 0 Å². The third-order valence-corrected chi connectivity index (χ3v) is 4.56. The molecule has 0 saturated heterocycles. The van der Waals surface area contributed by atoms with Crippen molar-refractivity contribution >= 4 is 6.29 Å². The van der Waals surface area contributed by atoms with Gasteiger partial charge in [0, 0.05) is 0 Å². The Hall–Kier alpha value is -3.27. The van der Waals surface area contributed by atoms with Gasteiger partial charge < -0.3 is 14.2 Å². The van der Waals surface area contributed by atoms with Crippen LogP contribution < -0.4 is 14.2 Å². The minimum Gasteiger partial charge on any atom is -0.492 e. The SMILES string of the molecule is COc1c(C=O)ccc(OCc2cccc(-c3ccccc3)c2C)c1OC. The van der Waals surface area contributed by atoms with E-state index in [2.05, 4.69) is 25.1 Å². The first-order valence-corrected chi connectivity index (χ1v) is 8.66. The Balaban J connectivity index is 1.89. The molecule has 0 radical (unpaired) electrons. The summed E-state index contributed by atoms with van der Waals surface area (Å²) in [6.45, 7) is 2.47. The lowest BCUT2D eigenvalue weighted by Crippen LogP contribution is -2.03. The third-order valence-electron chi connectivity index (χ3n) is 4.56. The highest BCUT2D eigenvalue weighted by Crippen LogP contribution is 2.39. The lowest BCUT2D eigenvalue weighted by Gasteiger charge is -2.16. The first-order valence-electron chi connectivity index (χ1n) is 8.66. The Kier molecular flexibility index (Phi) is 5.77. The molecule has 4 heteroatoms. The Morgan fingerprint density at radius 3 is 2.26 bits per heavy atom. The fraction of sp³-hybridized carbons (Fsp3) is 0.174. The maximum atomic E-state index is 11.2. The summed E-state index contributed by atoms with van der Waals surface area (Å²) in [5, 5.41) is 0. The van der Waals surface area contributed by atoms with Gasteiger partial charge in [-0.3, -0.25) is 4.79 Å². The molecule has 0 N–H and O–H groups in total. The van der Waals surface area contributed by atoms with Gasteiger partial charge >= 0.3 is 0 Å². The molecule has 3 rings (SSSR count). The first kappa shape index (κ1) is 18.5. The zero-order valence-corrected chi connectivity index (χ0v) is 15.7. The van der Waals surface area contributed by atoms with Crippen molar-refractivity contribution in [3.63, 3.8) is 0 Å². The monoisotopic (exact) mass is 362 g/mol. The molecule has 0 aliphatic rings. The second-order valence-electron chi connectivity index (χ2n) is 6.08. The topological polar surface area (TPSA) is 44.8 Å². The van der Waals surface area contributed by atoms with Gasteiger partial charge in [-0.2, -0.15) is 0 Å². The second-order valence-corrected chi connectivity index (χ2v) is 6.08. The van der Waals surface area contributed by atoms with Gasteiger partial charge in [-0.05, 0) is 41.3 Å².